The van der Waals surface area contributed by atoms with Crippen LogP contribution in [0.15, 0.2) is 53.4 Å². The summed E-state index contributed by atoms with van der Waals surface area (Å²) in [7, 11) is -4.03. The van der Waals surface area contributed by atoms with Crippen LogP contribution in [0.3, 0.4) is 0 Å². The summed E-state index contributed by atoms with van der Waals surface area (Å²) >= 11 is 6.33. The molecule has 1 aliphatic rings. The highest BCUT2D eigenvalue weighted by molar-refractivity contribution is 7.90. The van der Waals surface area contributed by atoms with Crippen molar-refractivity contribution in [2.24, 2.45) is 0 Å². The molecular weight excluding hydrogens is 490 g/mol. The number of benzene rings is 2. The van der Waals surface area contributed by atoms with Crippen LogP contribution in [0.2, 0.25) is 5.02 Å². The number of carbonyl (C=O) groups excluding carboxylic acids is 3. The third kappa shape index (κ3) is 5.67. The summed E-state index contributed by atoms with van der Waals surface area (Å²) in [6.07, 6.45) is 0.817. The van der Waals surface area contributed by atoms with Gasteiger partial charge < -0.3 is 10.2 Å². The molecule has 0 radical (unpaired) electrons. The summed E-state index contributed by atoms with van der Waals surface area (Å²) in [5.74, 6) is -1.40. The third-order valence-corrected chi connectivity index (χ3v) is 8.34. The first-order valence-electron chi connectivity index (χ1n) is 11.6. The molecule has 0 bridgehead atoms. The first-order chi connectivity index (χ1) is 16.6. The van der Waals surface area contributed by atoms with Gasteiger partial charge in [0, 0.05) is 30.6 Å². The molecule has 0 spiro atoms. The molecule has 2 atom stereocenters. The van der Waals surface area contributed by atoms with E-state index in [1.807, 2.05) is 13.8 Å². The maximum absolute atomic E-state index is 13.4. The van der Waals surface area contributed by atoms with Crippen molar-refractivity contribution in [1.29, 1.82) is 0 Å². The van der Waals surface area contributed by atoms with E-state index in [0.717, 1.165) is 10.7 Å². The number of hydrogen-bond donors (Lipinski definition) is 1. The summed E-state index contributed by atoms with van der Waals surface area (Å²) in [5.41, 5.74) is 0.752. The number of nitrogens with zero attached hydrogens (tertiary/aromatic N) is 2. The first-order valence-corrected chi connectivity index (χ1v) is 13.4. The van der Waals surface area contributed by atoms with E-state index in [0.29, 0.717) is 17.0 Å². The average molecular weight is 520 g/mol. The summed E-state index contributed by atoms with van der Waals surface area (Å²) in [6.45, 7) is 5.39. The number of rotatable bonds is 10. The monoisotopic (exact) mass is 519 g/mol. The van der Waals surface area contributed by atoms with Crippen molar-refractivity contribution in [3.8, 4) is 0 Å². The number of hydrogen-bond acceptors (Lipinski definition) is 5. The van der Waals surface area contributed by atoms with Crippen molar-refractivity contribution in [2.45, 2.75) is 63.6 Å². The van der Waals surface area contributed by atoms with Crippen molar-refractivity contribution in [2.75, 3.05) is 6.54 Å². The minimum atomic E-state index is -4.03. The van der Waals surface area contributed by atoms with E-state index in [9.17, 15) is 22.8 Å². The van der Waals surface area contributed by atoms with Crippen molar-refractivity contribution in [1.82, 2.24) is 14.5 Å². The molecule has 0 saturated heterocycles. The SMILES string of the molecule is CC[C@H](C)NC(=O)[C@H](CC)N(Cc1ccccc1Cl)C(=O)CCN1C(=O)c2ccccc2S1(=O)=O. The smallest absolute Gasteiger partial charge is 0.269 e. The van der Waals surface area contributed by atoms with Crippen LogP contribution in [0, 0.1) is 0 Å². The summed E-state index contributed by atoms with van der Waals surface area (Å²) in [4.78, 5) is 40.5. The Morgan fingerprint density at radius 3 is 2.34 bits per heavy atom. The Morgan fingerprint density at radius 1 is 1.06 bits per heavy atom. The van der Waals surface area contributed by atoms with Crippen LogP contribution >= 0.6 is 11.6 Å². The highest BCUT2D eigenvalue weighted by Crippen LogP contribution is 2.30. The lowest BCUT2D eigenvalue weighted by Gasteiger charge is -2.32. The first kappa shape index (κ1) is 26.7. The molecule has 1 aliphatic heterocycles. The molecule has 10 heteroatoms. The topological polar surface area (TPSA) is 104 Å². The second-order valence-corrected chi connectivity index (χ2v) is 10.7. The molecule has 1 N–H and O–H groups in total. The van der Waals surface area contributed by atoms with Crippen LogP contribution in [0.1, 0.15) is 56.0 Å². The zero-order chi connectivity index (χ0) is 25.8. The Balaban J connectivity index is 1.84. The Bertz CT molecular complexity index is 1220. The molecule has 0 fully saturated rings. The Morgan fingerprint density at radius 2 is 1.71 bits per heavy atom. The van der Waals surface area contributed by atoms with Crippen molar-refractivity contribution >= 4 is 39.3 Å². The van der Waals surface area contributed by atoms with Gasteiger partial charge in [0.2, 0.25) is 11.8 Å². The van der Waals surface area contributed by atoms with Crippen LogP contribution < -0.4 is 5.32 Å². The van der Waals surface area contributed by atoms with Gasteiger partial charge in [-0.25, -0.2) is 12.7 Å². The number of nitrogens with one attached hydrogen (secondary N) is 1. The van der Waals surface area contributed by atoms with Crippen LogP contribution in [-0.4, -0.2) is 54.0 Å². The van der Waals surface area contributed by atoms with E-state index in [1.54, 1.807) is 43.3 Å². The molecule has 0 aromatic heterocycles. The summed E-state index contributed by atoms with van der Waals surface area (Å²) < 4.78 is 26.5. The Kier molecular flexibility index (Phi) is 8.56. The van der Waals surface area contributed by atoms with Gasteiger partial charge >= 0.3 is 0 Å². The van der Waals surface area contributed by atoms with Crippen molar-refractivity contribution < 1.29 is 22.8 Å². The fraction of sp³-hybridized carbons (Fsp3) is 0.400. The van der Waals surface area contributed by atoms with Gasteiger partial charge in [0.1, 0.15) is 10.9 Å². The lowest BCUT2D eigenvalue weighted by Crippen LogP contribution is -2.51. The molecule has 0 aliphatic carbocycles. The third-order valence-electron chi connectivity index (χ3n) is 6.13. The van der Waals surface area contributed by atoms with Crippen LogP contribution in [0.25, 0.3) is 0 Å². The highest BCUT2D eigenvalue weighted by Gasteiger charge is 2.41. The average Bonchev–Trinajstić information content (AvgIpc) is 3.03. The fourth-order valence-electron chi connectivity index (χ4n) is 3.96. The minimum absolute atomic E-state index is 0.0651. The predicted molar refractivity (Wildman–Crippen MR) is 133 cm³/mol. The zero-order valence-electron chi connectivity index (χ0n) is 20.0. The number of sulfonamides is 1. The van der Waals surface area contributed by atoms with Crippen molar-refractivity contribution in [3.05, 3.63) is 64.7 Å². The van der Waals surface area contributed by atoms with Gasteiger partial charge in [-0.3, -0.25) is 14.4 Å². The normalized spacial score (nSPS) is 15.9. The van der Waals surface area contributed by atoms with E-state index in [-0.39, 0.29) is 41.9 Å². The van der Waals surface area contributed by atoms with Gasteiger partial charge in [-0.2, -0.15) is 0 Å². The van der Waals surface area contributed by atoms with Gasteiger partial charge in [0.25, 0.3) is 15.9 Å². The Labute approximate surface area is 211 Å². The lowest BCUT2D eigenvalue weighted by atomic mass is 10.1. The summed E-state index contributed by atoms with van der Waals surface area (Å²) in [5, 5.41) is 3.37. The van der Waals surface area contributed by atoms with Gasteiger partial charge in [-0.15, -0.1) is 0 Å². The molecule has 2 aromatic carbocycles. The molecule has 0 unspecified atom stereocenters. The van der Waals surface area contributed by atoms with Crippen LogP contribution in [0.4, 0.5) is 0 Å². The lowest BCUT2D eigenvalue weighted by molar-refractivity contribution is -0.141. The summed E-state index contributed by atoms with van der Waals surface area (Å²) in [6, 6.07) is 12.1. The van der Waals surface area contributed by atoms with Crippen molar-refractivity contribution in [3.63, 3.8) is 0 Å². The molecule has 8 nitrogen and oxygen atoms in total. The maximum Gasteiger partial charge on any atom is 0.269 e. The van der Waals surface area contributed by atoms with Gasteiger partial charge in [-0.1, -0.05) is 55.8 Å². The van der Waals surface area contributed by atoms with E-state index in [1.165, 1.54) is 17.0 Å². The van der Waals surface area contributed by atoms with E-state index in [2.05, 4.69) is 5.32 Å². The van der Waals surface area contributed by atoms with E-state index in [4.69, 9.17) is 11.6 Å². The van der Waals surface area contributed by atoms with E-state index >= 15 is 0 Å². The molecule has 1 heterocycles. The number of fused-ring (bicyclic) bond motifs is 1. The molecular formula is C25H30ClN3O5S. The molecule has 2 aromatic rings. The highest BCUT2D eigenvalue weighted by atomic mass is 35.5. The van der Waals surface area contributed by atoms with Crippen LogP contribution in [0.5, 0.6) is 0 Å². The molecule has 0 saturated carbocycles. The number of halogens is 1. The van der Waals surface area contributed by atoms with Gasteiger partial charge in [-0.05, 0) is 43.5 Å². The standard InChI is InChI=1S/C25H30ClN3O5S/c1-4-17(3)27-24(31)21(5-2)28(16-18-10-6-8-12-20(18)26)23(30)14-15-29-25(32)19-11-7-9-13-22(19)35(29,33)34/h6-13,17,21H,4-5,14-16H2,1-3H3,(H,27,31)/t17-,21-/m0/s1. The van der Waals surface area contributed by atoms with Gasteiger partial charge in [0.15, 0.2) is 0 Å². The second kappa shape index (κ2) is 11.2. The predicted octanol–water partition coefficient (Wildman–Crippen LogP) is 3.60. The maximum atomic E-state index is 13.4. The number of amides is 3. The fourth-order valence-corrected chi connectivity index (χ4v) is 5.73. The molecule has 3 amide bonds. The second-order valence-electron chi connectivity index (χ2n) is 8.48. The molecule has 3 rings (SSSR count). The largest absolute Gasteiger partial charge is 0.352 e. The zero-order valence-corrected chi connectivity index (χ0v) is 21.6. The minimum Gasteiger partial charge on any atom is -0.352 e. The molecule has 188 valence electrons. The number of carbonyl (C=O) groups is 3. The Hall–Kier alpha value is -2.91. The van der Waals surface area contributed by atoms with Gasteiger partial charge in [0.05, 0.1) is 5.56 Å². The molecule has 35 heavy (non-hydrogen) atoms. The van der Waals surface area contributed by atoms with Crippen LogP contribution in [-0.2, 0) is 26.2 Å². The van der Waals surface area contributed by atoms with E-state index < -0.39 is 27.9 Å². The quantitative estimate of drug-likeness (QED) is 0.516.